The summed E-state index contributed by atoms with van der Waals surface area (Å²) in [7, 11) is 1.28. The third kappa shape index (κ3) is 4.73. The standard InChI is InChI=1S/C18H18F4N6O/c1-9-14(4-10-3-11(19)5-13(20)16(10)29-2)26-18(27-17(9)23)25-12-6-24-28(7-12)8-15(21)22/h3,5-7,15H,4,8H2,1-2H3,(H3,23,25,26,27). The van der Waals surface area contributed by atoms with Crippen LogP contribution in [0.1, 0.15) is 16.8 Å². The minimum Gasteiger partial charge on any atom is -0.493 e. The van der Waals surface area contributed by atoms with E-state index in [1.807, 2.05) is 0 Å². The molecule has 2 heterocycles. The summed E-state index contributed by atoms with van der Waals surface area (Å²) in [6, 6.07) is 1.88. The van der Waals surface area contributed by atoms with Crippen LogP contribution in [0, 0.1) is 18.6 Å². The molecule has 0 atom stereocenters. The van der Waals surface area contributed by atoms with Gasteiger partial charge < -0.3 is 15.8 Å². The van der Waals surface area contributed by atoms with E-state index in [-0.39, 0.29) is 29.5 Å². The van der Waals surface area contributed by atoms with Gasteiger partial charge in [0.1, 0.15) is 18.2 Å². The number of rotatable bonds is 7. The maximum absolute atomic E-state index is 14.0. The van der Waals surface area contributed by atoms with Gasteiger partial charge in [0, 0.05) is 29.8 Å². The fraction of sp³-hybridized carbons (Fsp3) is 0.278. The number of hydrogen-bond donors (Lipinski definition) is 2. The molecule has 0 saturated carbocycles. The molecule has 2 aromatic heterocycles. The van der Waals surface area contributed by atoms with Crippen molar-refractivity contribution < 1.29 is 22.3 Å². The highest BCUT2D eigenvalue weighted by atomic mass is 19.3. The van der Waals surface area contributed by atoms with Crippen LogP contribution in [0.3, 0.4) is 0 Å². The second-order valence-corrected chi connectivity index (χ2v) is 6.23. The van der Waals surface area contributed by atoms with Crippen LogP contribution >= 0.6 is 0 Å². The molecule has 29 heavy (non-hydrogen) atoms. The number of hydrogen-bond acceptors (Lipinski definition) is 6. The summed E-state index contributed by atoms with van der Waals surface area (Å²) >= 11 is 0. The molecule has 0 amide bonds. The van der Waals surface area contributed by atoms with Crippen LogP contribution in [0.2, 0.25) is 0 Å². The van der Waals surface area contributed by atoms with Gasteiger partial charge in [-0.1, -0.05) is 0 Å². The summed E-state index contributed by atoms with van der Waals surface area (Å²) in [5.41, 5.74) is 7.53. The minimum absolute atomic E-state index is 0.0374. The van der Waals surface area contributed by atoms with Gasteiger partial charge in [-0.05, 0) is 13.0 Å². The number of anilines is 3. The first-order valence-corrected chi connectivity index (χ1v) is 8.49. The van der Waals surface area contributed by atoms with Gasteiger partial charge in [-0.2, -0.15) is 10.1 Å². The molecular formula is C18H18F4N6O. The van der Waals surface area contributed by atoms with Crippen molar-refractivity contribution >= 4 is 17.5 Å². The van der Waals surface area contributed by atoms with Gasteiger partial charge >= 0.3 is 0 Å². The quantitative estimate of drug-likeness (QED) is 0.580. The summed E-state index contributed by atoms with van der Waals surface area (Å²) in [5, 5.41) is 6.65. The molecule has 3 N–H and O–H groups in total. The summed E-state index contributed by atoms with van der Waals surface area (Å²) in [6.45, 7) is 1.13. The predicted octanol–water partition coefficient (Wildman–Crippen LogP) is 3.45. The van der Waals surface area contributed by atoms with E-state index in [4.69, 9.17) is 10.5 Å². The molecule has 1 aromatic carbocycles. The number of halogens is 4. The fourth-order valence-electron chi connectivity index (χ4n) is 2.76. The Kier molecular flexibility index (Phi) is 5.85. The Balaban J connectivity index is 1.90. The Labute approximate surface area is 163 Å². The molecule has 0 aliphatic rings. The monoisotopic (exact) mass is 410 g/mol. The normalized spacial score (nSPS) is 11.1. The molecule has 0 fully saturated rings. The van der Waals surface area contributed by atoms with Crippen molar-refractivity contribution in [1.82, 2.24) is 19.7 Å². The largest absolute Gasteiger partial charge is 0.493 e. The molecule has 0 radical (unpaired) electrons. The third-order valence-corrected chi connectivity index (χ3v) is 4.15. The molecule has 0 unspecified atom stereocenters. The first-order valence-electron chi connectivity index (χ1n) is 8.49. The third-order valence-electron chi connectivity index (χ3n) is 4.15. The topological polar surface area (TPSA) is 90.9 Å². The number of nitrogens with one attached hydrogen (secondary N) is 1. The second kappa shape index (κ2) is 8.33. The molecule has 3 aromatic rings. The highest BCUT2D eigenvalue weighted by Gasteiger charge is 2.17. The highest BCUT2D eigenvalue weighted by molar-refractivity contribution is 5.55. The van der Waals surface area contributed by atoms with Crippen molar-refractivity contribution in [3.8, 4) is 5.75 Å². The number of nitrogens with zero attached hydrogens (tertiary/aromatic N) is 4. The SMILES string of the molecule is COc1c(F)cc(F)cc1Cc1nc(Nc2cnn(CC(F)F)c2)nc(N)c1C. The Morgan fingerprint density at radius 1 is 1.24 bits per heavy atom. The van der Waals surface area contributed by atoms with E-state index in [2.05, 4.69) is 20.4 Å². The highest BCUT2D eigenvalue weighted by Crippen LogP contribution is 2.28. The molecule has 0 bridgehead atoms. The zero-order valence-electron chi connectivity index (χ0n) is 15.6. The zero-order valence-corrected chi connectivity index (χ0v) is 15.6. The van der Waals surface area contributed by atoms with Gasteiger partial charge in [-0.25, -0.2) is 22.5 Å². The van der Waals surface area contributed by atoms with Crippen LogP contribution in [-0.4, -0.2) is 33.3 Å². The van der Waals surface area contributed by atoms with Gasteiger partial charge in [0.15, 0.2) is 11.6 Å². The van der Waals surface area contributed by atoms with E-state index in [9.17, 15) is 17.6 Å². The molecule has 0 aliphatic heterocycles. The summed E-state index contributed by atoms with van der Waals surface area (Å²) in [4.78, 5) is 8.45. The maximum Gasteiger partial charge on any atom is 0.257 e. The Morgan fingerprint density at radius 2 is 2.00 bits per heavy atom. The lowest BCUT2D eigenvalue weighted by Crippen LogP contribution is -2.09. The van der Waals surface area contributed by atoms with E-state index < -0.39 is 24.6 Å². The van der Waals surface area contributed by atoms with E-state index in [0.29, 0.717) is 16.9 Å². The number of methoxy groups -OCH3 is 1. The second-order valence-electron chi connectivity index (χ2n) is 6.23. The van der Waals surface area contributed by atoms with Crippen molar-refractivity contribution in [3.05, 3.63) is 53.0 Å². The molecule has 154 valence electrons. The van der Waals surface area contributed by atoms with Crippen molar-refractivity contribution in [2.75, 3.05) is 18.2 Å². The van der Waals surface area contributed by atoms with Crippen molar-refractivity contribution in [3.63, 3.8) is 0 Å². The van der Waals surface area contributed by atoms with Crippen LogP contribution in [0.25, 0.3) is 0 Å². The zero-order chi connectivity index (χ0) is 21.1. The average Bonchev–Trinajstić information content (AvgIpc) is 3.05. The van der Waals surface area contributed by atoms with Gasteiger partial charge in [-0.3, -0.25) is 4.68 Å². The maximum atomic E-state index is 14.0. The lowest BCUT2D eigenvalue weighted by atomic mass is 10.0. The van der Waals surface area contributed by atoms with Gasteiger partial charge in [-0.15, -0.1) is 0 Å². The predicted molar refractivity (Wildman–Crippen MR) is 98.4 cm³/mol. The summed E-state index contributed by atoms with van der Waals surface area (Å²) < 4.78 is 58.6. The smallest absolute Gasteiger partial charge is 0.257 e. The summed E-state index contributed by atoms with van der Waals surface area (Å²) in [6.07, 6.45) is 0.209. The number of benzene rings is 1. The first kappa shape index (κ1) is 20.4. The average molecular weight is 410 g/mol. The van der Waals surface area contributed by atoms with E-state index in [1.54, 1.807) is 6.92 Å². The lowest BCUT2D eigenvalue weighted by Gasteiger charge is -2.13. The lowest BCUT2D eigenvalue weighted by molar-refractivity contribution is 0.122. The number of alkyl halides is 2. The van der Waals surface area contributed by atoms with Crippen molar-refractivity contribution in [2.45, 2.75) is 26.3 Å². The first-order chi connectivity index (χ1) is 13.8. The molecular weight excluding hydrogens is 392 g/mol. The van der Waals surface area contributed by atoms with Gasteiger partial charge in [0.2, 0.25) is 5.95 Å². The molecule has 3 rings (SSSR count). The van der Waals surface area contributed by atoms with Crippen molar-refractivity contribution in [2.24, 2.45) is 0 Å². The van der Waals surface area contributed by atoms with Gasteiger partial charge in [0.05, 0.1) is 24.7 Å². The molecule has 11 heteroatoms. The van der Waals surface area contributed by atoms with Crippen LogP contribution < -0.4 is 15.8 Å². The molecule has 0 spiro atoms. The minimum atomic E-state index is -2.54. The van der Waals surface area contributed by atoms with Gasteiger partial charge in [0.25, 0.3) is 6.43 Å². The number of aromatic nitrogens is 4. The Bertz CT molecular complexity index is 1020. The van der Waals surface area contributed by atoms with E-state index in [0.717, 1.165) is 16.8 Å². The number of ether oxygens (including phenoxy) is 1. The van der Waals surface area contributed by atoms with Crippen molar-refractivity contribution in [1.29, 1.82) is 0 Å². The van der Waals surface area contributed by atoms with Crippen LogP contribution in [0.5, 0.6) is 5.75 Å². The Morgan fingerprint density at radius 3 is 2.69 bits per heavy atom. The number of nitrogen functional groups attached to an aromatic ring is 1. The van der Waals surface area contributed by atoms with Crippen LogP contribution in [-0.2, 0) is 13.0 Å². The van der Waals surface area contributed by atoms with Crippen LogP contribution in [0.4, 0.5) is 35.0 Å². The van der Waals surface area contributed by atoms with E-state index in [1.165, 1.54) is 19.5 Å². The van der Waals surface area contributed by atoms with Crippen LogP contribution in [0.15, 0.2) is 24.5 Å². The molecule has 7 nitrogen and oxygen atoms in total. The fourth-order valence-corrected chi connectivity index (χ4v) is 2.76. The Hall–Kier alpha value is -3.37. The number of nitrogens with two attached hydrogens (primary N) is 1. The summed E-state index contributed by atoms with van der Waals surface area (Å²) in [5.74, 6) is -1.41. The molecule has 0 aliphatic carbocycles. The van der Waals surface area contributed by atoms with E-state index >= 15 is 0 Å². The molecule has 0 saturated heterocycles.